The molecule has 0 amide bonds. The summed E-state index contributed by atoms with van der Waals surface area (Å²) < 4.78 is 0.731. The molecule has 82 valence electrons. The van der Waals surface area contributed by atoms with Crippen LogP contribution in [0.3, 0.4) is 0 Å². The summed E-state index contributed by atoms with van der Waals surface area (Å²) in [5.41, 5.74) is 0. The topological polar surface area (TPSA) is 58.0 Å². The van der Waals surface area contributed by atoms with E-state index < -0.39 is 0 Å². The Morgan fingerprint density at radius 3 is 2.87 bits per heavy atom. The molecular formula is C10H14BrN3O. The van der Waals surface area contributed by atoms with Crippen molar-refractivity contribution in [3.05, 3.63) is 17.0 Å². The molecular weight excluding hydrogens is 258 g/mol. The Kier molecular flexibility index (Phi) is 3.53. The first-order valence-electron chi connectivity index (χ1n) is 5.15. The molecule has 2 rings (SSSR count). The number of halogens is 1. The monoisotopic (exact) mass is 271 g/mol. The maximum absolute atomic E-state index is 9.63. The van der Waals surface area contributed by atoms with Crippen molar-refractivity contribution >= 4 is 21.7 Å². The van der Waals surface area contributed by atoms with Gasteiger partial charge in [-0.1, -0.05) is 6.42 Å². The zero-order valence-electron chi connectivity index (χ0n) is 8.36. The van der Waals surface area contributed by atoms with Gasteiger partial charge in [-0.05, 0) is 28.8 Å². The van der Waals surface area contributed by atoms with E-state index in [2.05, 4.69) is 31.2 Å². The fourth-order valence-electron chi connectivity index (χ4n) is 1.89. The van der Waals surface area contributed by atoms with E-state index in [4.69, 9.17) is 0 Å². The van der Waals surface area contributed by atoms with Gasteiger partial charge in [0.1, 0.15) is 10.4 Å². The van der Waals surface area contributed by atoms with E-state index in [1.807, 2.05) is 0 Å². The predicted molar refractivity (Wildman–Crippen MR) is 61.6 cm³/mol. The third-order valence-corrected chi connectivity index (χ3v) is 3.19. The van der Waals surface area contributed by atoms with Crippen LogP contribution in [0.2, 0.25) is 0 Å². The van der Waals surface area contributed by atoms with Gasteiger partial charge in [0.05, 0.1) is 18.5 Å². The summed E-state index contributed by atoms with van der Waals surface area (Å²) in [6, 6.07) is 0. The molecule has 2 unspecified atom stereocenters. The van der Waals surface area contributed by atoms with Crippen LogP contribution < -0.4 is 5.32 Å². The molecule has 0 aromatic carbocycles. The first-order chi connectivity index (χ1) is 7.25. The number of aliphatic hydroxyl groups excluding tert-OH is 1. The second-order valence-corrected chi connectivity index (χ2v) is 4.68. The third kappa shape index (κ3) is 2.89. The molecule has 1 aliphatic carbocycles. The van der Waals surface area contributed by atoms with E-state index in [1.54, 1.807) is 12.4 Å². The average molecular weight is 272 g/mol. The normalized spacial score (nSPS) is 25.5. The molecule has 1 aromatic rings. The Bertz CT molecular complexity index is 317. The molecule has 4 nitrogen and oxygen atoms in total. The van der Waals surface area contributed by atoms with Crippen molar-refractivity contribution in [3.63, 3.8) is 0 Å². The van der Waals surface area contributed by atoms with E-state index in [1.165, 1.54) is 0 Å². The van der Waals surface area contributed by atoms with Crippen molar-refractivity contribution in [1.29, 1.82) is 0 Å². The van der Waals surface area contributed by atoms with Gasteiger partial charge in [-0.25, -0.2) is 9.97 Å². The number of nitrogens with zero attached hydrogens (tertiary/aromatic N) is 2. The van der Waals surface area contributed by atoms with Crippen molar-refractivity contribution in [3.8, 4) is 0 Å². The number of hydrogen-bond acceptors (Lipinski definition) is 4. The van der Waals surface area contributed by atoms with Gasteiger partial charge in [-0.2, -0.15) is 0 Å². The van der Waals surface area contributed by atoms with E-state index in [-0.39, 0.29) is 6.10 Å². The minimum atomic E-state index is -0.152. The van der Waals surface area contributed by atoms with Gasteiger partial charge in [0.15, 0.2) is 0 Å². The molecule has 0 saturated heterocycles. The Morgan fingerprint density at radius 1 is 1.40 bits per heavy atom. The number of aromatic nitrogens is 2. The van der Waals surface area contributed by atoms with Crippen molar-refractivity contribution in [2.24, 2.45) is 5.92 Å². The van der Waals surface area contributed by atoms with Gasteiger partial charge in [0.2, 0.25) is 0 Å². The smallest absolute Gasteiger partial charge is 0.144 e. The van der Waals surface area contributed by atoms with E-state index in [0.717, 1.165) is 36.2 Å². The molecule has 1 heterocycles. The first-order valence-corrected chi connectivity index (χ1v) is 5.94. The molecule has 0 aliphatic heterocycles. The third-order valence-electron chi connectivity index (χ3n) is 2.78. The molecule has 0 spiro atoms. The van der Waals surface area contributed by atoms with Gasteiger partial charge in [-0.15, -0.1) is 0 Å². The van der Waals surface area contributed by atoms with Crippen LogP contribution in [0.5, 0.6) is 0 Å². The Balaban J connectivity index is 1.85. The summed E-state index contributed by atoms with van der Waals surface area (Å²) in [7, 11) is 0. The standard InChI is InChI=1S/C10H14BrN3O/c11-9-5-14-10(6-12-9)13-4-7-2-1-3-8(7)15/h5-8,15H,1-4H2,(H,13,14). The Hall–Kier alpha value is -0.680. The molecule has 0 bridgehead atoms. The summed E-state index contributed by atoms with van der Waals surface area (Å²) >= 11 is 3.23. The van der Waals surface area contributed by atoms with Gasteiger partial charge in [0, 0.05) is 12.5 Å². The highest BCUT2D eigenvalue weighted by atomic mass is 79.9. The molecule has 5 heteroatoms. The lowest BCUT2D eigenvalue weighted by atomic mass is 10.1. The van der Waals surface area contributed by atoms with Crippen LogP contribution in [0, 0.1) is 5.92 Å². The molecule has 1 aromatic heterocycles. The average Bonchev–Trinajstić information content (AvgIpc) is 2.63. The number of aliphatic hydroxyl groups is 1. The van der Waals surface area contributed by atoms with Crippen LogP contribution in [0.25, 0.3) is 0 Å². The zero-order valence-corrected chi connectivity index (χ0v) is 9.94. The summed E-state index contributed by atoms with van der Waals surface area (Å²) in [6.45, 7) is 0.775. The van der Waals surface area contributed by atoms with E-state index in [9.17, 15) is 5.11 Å². The molecule has 2 N–H and O–H groups in total. The summed E-state index contributed by atoms with van der Waals surface area (Å²) in [4.78, 5) is 8.23. The highest BCUT2D eigenvalue weighted by Crippen LogP contribution is 2.25. The molecule has 15 heavy (non-hydrogen) atoms. The van der Waals surface area contributed by atoms with Crippen LogP contribution in [-0.2, 0) is 0 Å². The molecule has 0 radical (unpaired) electrons. The van der Waals surface area contributed by atoms with Gasteiger partial charge < -0.3 is 10.4 Å². The quantitative estimate of drug-likeness (QED) is 0.881. The first kappa shape index (κ1) is 10.8. The molecule has 1 aliphatic rings. The number of hydrogen-bond donors (Lipinski definition) is 2. The Morgan fingerprint density at radius 2 is 2.27 bits per heavy atom. The summed E-state index contributed by atoms with van der Waals surface area (Å²) in [6.07, 6.45) is 6.34. The molecule has 2 atom stereocenters. The maximum atomic E-state index is 9.63. The predicted octanol–water partition coefficient (Wildman–Crippen LogP) is 1.81. The van der Waals surface area contributed by atoms with Crippen LogP contribution in [-0.4, -0.2) is 27.7 Å². The zero-order chi connectivity index (χ0) is 10.7. The maximum Gasteiger partial charge on any atom is 0.144 e. The summed E-state index contributed by atoms with van der Waals surface area (Å²) in [5, 5.41) is 12.8. The SMILES string of the molecule is OC1CCCC1CNc1cnc(Br)cn1. The van der Waals surface area contributed by atoms with E-state index >= 15 is 0 Å². The molecule has 1 saturated carbocycles. The lowest BCUT2D eigenvalue weighted by Gasteiger charge is -2.15. The largest absolute Gasteiger partial charge is 0.393 e. The minimum Gasteiger partial charge on any atom is -0.393 e. The van der Waals surface area contributed by atoms with Crippen LogP contribution in [0.4, 0.5) is 5.82 Å². The number of anilines is 1. The fraction of sp³-hybridized carbons (Fsp3) is 0.600. The number of rotatable bonds is 3. The van der Waals surface area contributed by atoms with Crippen LogP contribution in [0.15, 0.2) is 17.0 Å². The second kappa shape index (κ2) is 4.90. The van der Waals surface area contributed by atoms with E-state index in [0.29, 0.717) is 5.92 Å². The van der Waals surface area contributed by atoms with Gasteiger partial charge >= 0.3 is 0 Å². The summed E-state index contributed by atoms with van der Waals surface area (Å²) in [5.74, 6) is 1.12. The highest BCUT2D eigenvalue weighted by molar-refractivity contribution is 9.10. The lowest BCUT2D eigenvalue weighted by molar-refractivity contribution is 0.138. The lowest BCUT2D eigenvalue weighted by Crippen LogP contribution is -2.22. The Labute approximate surface area is 97.3 Å². The van der Waals surface area contributed by atoms with Crippen LogP contribution in [0.1, 0.15) is 19.3 Å². The van der Waals surface area contributed by atoms with Crippen molar-refractivity contribution < 1.29 is 5.11 Å². The van der Waals surface area contributed by atoms with Crippen LogP contribution >= 0.6 is 15.9 Å². The van der Waals surface area contributed by atoms with Crippen molar-refractivity contribution in [1.82, 2.24) is 9.97 Å². The fourth-order valence-corrected chi connectivity index (χ4v) is 2.10. The van der Waals surface area contributed by atoms with Crippen molar-refractivity contribution in [2.75, 3.05) is 11.9 Å². The minimum absolute atomic E-state index is 0.152. The highest BCUT2D eigenvalue weighted by Gasteiger charge is 2.24. The second-order valence-electron chi connectivity index (χ2n) is 3.86. The van der Waals surface area contributed by atoms with Gasteiger partial charge in [-0.3, -0.25) is 0 Å². The van der Waals surface area contributed by atoms with Gasteiger partial charge in [0.25, 0.3) is 0 Å². The number of nitrogens with one attached hydrogen (secondary N) is 1. The molecule has 1 fully saturated rings. The van der Waals surface area contributed by atoms with Crippen molar-refractivity contribution in [2.45, 2.75) is 25.4 Å².